The van der Waals surface area contributed by atoms with Crippen LogP contribution in [0, 0.1) is 0 Å². The van der Waals surface area contributed by atoms with Crippen molar-refractivity contribution in [1.29, 1.82) is 0 Å². The maximum atomic E-state index is 12.9. The molecule has 75 heavy (non-hydrogen) atoms. The Hall–Kier alpha value is -2.37. The van der Waals surface area contributed by atoms with Crippen molar-refractivity contribution in [2.45, 2.75) is 374 Å². The highest BCUT2D eigenvalue weighted by molar-refractivity contribution is 5.71. The van der Waals surface area contributed by atoms with Gasteiger partial charge in [-0.05, 0) is 70.6 Å². The number of hydrogen-bond acceptors (Lipinski definition) is 6. The van der Waals surface area contributed by atoms with Gasteiger partial charge >= 0.3 is 17.9 Å². The van der Waals surface area contributed by atoms with E-state index >= 15 is 0 Å². The fourth-order valence-electron chi connectivity index (χ4n) is 10.0. The van der Waals surface area contributed by atoms with Crippen molar-refractivity contribution in [2.75, 3.05) is 13.2 Å². The van der Waals surface area contributed by atoms with Crippen LogP contribution in [0.5, 0.6) is 0 Å². The third-order valence-electron chi connectivity index (χ3n) is 15.1. The average molecular weight is 1050 g/mol. The SMILES string of the molecule is CCCC/C=C\C/C=C\CCCCCCCC(=O)OC(COC(=O)CCCCCCC/C=C\CCCCCC)COC(=O)CCCCCCCCCCCCCCCCCCCCCCCCCCCCCCCC. The molecule has 0 aromatic heterocycles. The van der Waals surface area contributed by atoms with Gasteiger partial charge in [0, 0.05) is 19.3 Å². The van der Waals surface area contributed by atoms with E-state index in [-0.39, 0.29) is 31.1 Å². The van der Waals surface area contributed by atoms with Gasteiger partial charge < -0.3 is 14.2 Å². The van der Waals surface area contributed by atoms with Crippen LogP contribution >= 0.6 is 0 Å². The van der Waals surface area contributed by atoms with E-state index in [9.17, 15) is 14.4 Å². The summed E-state index contributed by atoms with van der Waals surface area (Å²) in [5.74, 6) is -0.879. The molecule has 0 amide bonds. The Labute approximate surface area is 467 Å². The molecule has 0 aromatic rings. The predicted molar refractivity (Wildman–Crippen MR) is 326 cm³/mol. The van der Waals surface area contributed by atoms with Crippen LogP contribution in [0.15, 0.2) is 36.5 Å². The molecule has 1 atom stereocenters. The fraction of sp³-hybridized carbons (Fsp3) is 0.870. The van der Waals surface area contributed by atoms with Crippen LogP contribution in [0.25, 0.3) is 0 Å². The number of ether oxygens (including phenoxy) is 3. The Morgan fingerprint density at radius 2 is 0.493 bits per heavy atom. The number of esters is 3. The molecule has 6 nitrogen and oxygen atoms in total. The molecular weight excluding hydrogens is 925 g/mol. The Bertz CT molecular complexity index is 1250. The number of hydrogen-bond donors (Lipinski definition) is 0. The molecule has 440 valence electrons. The molecule has 0 N–H and O–H groups in total. The van der Waals surface area contributed by atoms with Gasteiger partial charge in [0.15, 0.2) is 6.10 Å². The first kappa shape index (κ1) is 72.6. The zero-order valence-corrected chi connectivity index (χ0v) is 50.6. The van der Waals surface area contributed by atoms with Gasteiger partial charge in [-0.2, -0.15) is 0 Å². The van der Waals surface area contributed by atoms with Crippen molar-refractivity contribution in [3.8, 4) is 0 Å². The first-order valence-corrected chi connectivity index (χ1v) is 33.5. The monoisotopic (exact) mass is 1050 g/mol. The molecule has 1 unspecified atom stereocenters. The third kappa shape index (κ3) is 62.4. The van der Waals surface area contributed by atoms with Crippen LogP contribution in [0.1, 0.15) is 367 Å². The Morgan fingerprint density at radius 3 is 0.800 bits per heavy atom. The van der Waals surface area contributed by atoms with E-state index in [1.54, 1.807) is 0 Å². The summed E-state index contributed by atoms with van der Waals surface area (Å²) in [6.45, 7) is 6.62. The summed E-state index contributed by atoms with van der Waals surface area (Å²) in [7, 11) is 0. The van der Waals surface area contributed by atoms with Crippen LogP contribution in [0.2, 0.25) is 0 Å². The molecule has 0 spiro atoms. The van der Waals surface area contributed by atoms with Crippen LogP contribution in [-0.2, 0) is 28.6 Å². The Morgan fingerprint density at radius 1 is 0.267 bits per heavy atom. The first-order valence-electron chi connectivity index (χ1n) is 33.5. The molecule has 0 aliphatic heterocycles. The van der Waals surface area contributed by atoms with E-state index in [0.29, 0.717) is 19.3 Å². The predicted octanol–water partition coefficient (Wildman–Crippen LogP) is 22.8. The van der Waals surface area contributed by atoms with Crippen LogP contribution in [0.4, 0.5) is 0 Å². The molecule has 0 rings (SSSR count). The van der Waals surface area contributed by atoms with Gasteiger partial charge in [0.25, 0.3) is 0 Å². The Balaban J connectivity index is 4.12. The van der Waals surface area contributed by atoms with Crippen LogP contribution < -0.4 is 0 Å². The van der Waals surface area contributed by atoms with E-state index in [0.717, 1.165) is 89.9 Å². The van der Waals surface area contributed by atoms with E-state index in [2.05, 4.69) is 57.2 Å². The van der Waals surface area contributed by atoms with Crippen molar-refractivity contribution in [1.82, 2.24) is 0 Å². The van der Waals surface area contributed by atoms with Crippen molar-refractivity contribution >= 4 is 17.9 Å². The maximum Gasteiger partial charge on any atom is 0.306 e. The lowest BCUT2D eigenvalue weighted by atomic mass is 10.0. The second-order valence-electron chi connectivity index (χ2n) is 22.7. The van der Waals surface area contributed by atoms with Gasteiger partial charge in [-0.1, -0.05) is 314 Å². The zero-order valence-electron chi connectivity index (χ0n) is 50.6. The number of rotatable bonds is 62. The second kappa shape index (κ2) is 64.2. The average Bonchev–Trinajstić information content (AvgIpc) is 3.41. The molecule has 0 fully saturated rings. The van der Waals surface area contributed by atoms with Gasteiger partial charge in [-0.25, -0.2) is 0 Å². The summed E-state index contributed by atoms with van der Waals surface area (Å²) >= 11 is 0. The number of allylic oxidation sites excluding steroid dienone is 6. The smallest absolute Gasteiger partial charge is 0.306 e. The molecule has 0 radical (unpaired) electrons. The molecule has 0 aliphatic carbocycles. The van der Waals surface area contributed by atoms with E-state index in [1.165, 1.54) is 238 Å². The van der Waals surface area contributed by atoms with E-state index in [4.69, 9.17) is 14.2 Å². The third-order valence-corrected chi connectivity index (χ3v) is 15.1. The summed E-state index contributed by atoms with van der Waals surface area (Å²) in [5, 5.41) is 0. The first-order chi connectivity index (χ1) is 37.0. The molecule has 0 heterocycles. The van der Waals surface area contributed by atoms with E-state index in [1.807, 2.05) is 0 Å². The minimum absolute atomic E-state index is 0.0767. The Kier molecular flexibility index (Phi) is 62.1. The van der Waals surface area contributed by atoms with Crippen LogP contribution in [0.3, 0.4) is 0 Å². The maximum absolute atomic E-state index is 12.9. The van der Waals surface area contributed by atoms with Crippen molar-refractivity contribution in [2.24, 2.45) is 0 Å². The second-order valence-corrected chi connectivity index (χ2v) is 22.7. The number of carbonyl (C=O) groups is 3. The molecular formula is C69H128O6. The number of carbonyl (C=O) groups excluding carboxylic acids is 3. The van der Waals surface area contributed by atoms with Gasteiger partial charge in [-0.3, -0.25) is 14.4 Å². The lowest BCUT2D eigenvalue weighted by Gasteiger charge is -2.18. The topological polar surface area (TPSA) is 78.9 Å². The highest BCUT2D eigenvalue weighted by Gasteiger charge is 2.19. The highest BCUT2D eigenvalue weighted by atomic mass is 16.6. The fourth-order valence-corrected chi connectivity index (χ4v) is 10.0. The number of unbranched alkanes of at least 4 members (excludes halogenated alkanes) is 45. The molecule has 0 bridgehead atoms. The summed E-state index contributed by atoms with van der Waals surface area (Å²) < 4.78 is 16.9. The van der Waals surface area contributed by atoms with Crippen molar-refractivity contribution < 1.29 is 28.6 Å². The molecule has 0 saturated carbocycles. The minimum Gasteiger partial charge on any atom is -0.462 e. The summed E-state index contributed by atoms with van der Waals surface area (Å²) in [4.78, 5) is 38.2. The van der Waals surface area contributed by atoms with Gasteiger partial charge in [0.05, 0.1) is 0 Å². The standard InChI is InChI=1S/C69H128O6/c1-4-7-10-13-16-19-22-25-27-28-29-30-31-32-33-34-35-36-37-38-39-40-41-42-45-47-50-53-56-59-62-68(71)74-65-66(64-73-67(70)61-58-55-52-49-46-43-24-21-18-15-12-9-6-3)75-69(72)63-60-57-54-51-48-44-26-23-20-17-14-11-8-5-2/h14,17,21,23-24,26,66H,4-13,15-16,18-20,22,25,27-65H2,1-3H3/b17-14-,24-21-,26-23-. The summed E-state index contributed by atoms with van der Waals surface area (Å²) in [6, 6.07) is 0. The van der Waals surface area contributed by atoms with Gasteiger partial charge in [0.2, 0.25) is 0 Å². The molecule has 6 heteroatoms. The van der Waals surface area contributed by atoms with Crippen molar-refractivity contribution in [3.63, 3.8) is 0 Å². The van der Waals surface area contributed by atoms with Crippen molar-refractivity contribution in [3.05, 3.63) is 36.5 Å². The normalized spacial score (nSPS) is 12.2. The van der Waals surface area contributed by atoms with Gasteiger partial charge in [-0.15, -0.1) is 0 Å². The minimum atomic E-state index is -0.781. The highest BCUT2D eigenvalue weighted by Crippen LogP contribution is 2.18. The lowest BCUT2D eigenvalue weighted by Crippen LogP contribution is -2.30. The largest absolute Gasteiger partial charge is 0.462 e. The van der Waals surface area contributed by atoms with E-state index < -0.39 is 6.10 Å². The van der Waals surface area contributed by atoms with Gasteiger partial charge in [0.1, 0.15) is 13.2 Å². The molecule has 0 saturated heterocycles. The zero-order chi connectivity index (χ0) is 54.3. The van der Waals surface area contributed by atoms with Crippen LogP contribution in [-0.4, -0.2) is 37.2 Å². The lowest BCUT2D eigenvalue weighted by molar-refractivity contribution is -0.167. The quantitative estimate of drug-likeness (QED) is 0.0261. The molecule has 0 aromatic carbocycles. The molecule has 0 aliphatic rings. The summed E-state index contributed by atoms with van der Waals surface area (Å²) in [5.41, 5.74) is 0. The summed E-state index contributed by atoms with van der Waals surface area (Å²) in [6.07, 6.45) is 79.0.